The fourth-order valence-electron chi connectivity index (χ4n) is 2.75. The number of furan rings is 1. The van der Waals surface area contributed by atoms with Gasteiger partial charge in [0.1, 0.15) is 11.1 Å². The average molecular weight is 362 g/mol. The highest BCUT2D eigenvalue weighted by Gasteiger charge is 2.28. The molecule has 2 amide bonds. The Balaban J connectivity index is 1.52. The lowest BCUT2D eigenvalue weighted by atomic mass is 9.95. The van der Waals surface area contributed by atoms with Crippen LogP contribution in [0.4, 0.5) is 5.00 Å². The van der Waals surface area contributed by atoms with E-state index in [2.05, 4.69) is 10.1 Å². The van der Waals surface area contributed by atoms with Gasteiger partial charge in [-0.05, 0) is 31.0 Å². The first-order valence-electron chi connectivity index (χ1n) is 7.89. The van der Waals surface area contributed by atoms with Gasteiger partial charge in [0.2, 0.25) is 5.91 Å². The molecule has 0 unspecified atom stereocenters. The van der Waals surface area contributed by atoms with Gasteiger partial charge >= 0.3 is 5.97 Å². The molecule has 1 aliphatic rings. The first-order valence-corrected chi connectivity index (χ1v) is 8.70. The molecule has 2 aromatic rings. The molecule has 3 heterocycles. The van der Waals surface area contributed by atoms with Crippen LogP contribution in [0.5, 0.6) is 0 Å². The minimum Gasteiger partial charge on any atom is -0.472 e. The van der Waals surface area contributed by atoms with Gasteiger partial charge in [0, 0.05) is 19.0 Å². The number of carbonyl (C=O) groups excluding carboxylic acids is 3. The predicted octanol–water partition coefficient (Wildman–Crippen LogP) is 2.62. The number of methoxy groups -OCH3 is 1. The Labute approximate surface area is 148 Å². The molecule has 2 aromatic heterocycles. The summed E-state index contributed by atoms with van der Waals surface area (Å²) in [4.78, 5) is 38.2. The van der Waals surface area contributed by atoms with Crippen molar-refractivity contribution in [2.75, 3.05) is 25.5 Å². The zero-order chi connectivity index (χ0) is 17.8. The number of carbonyl (C=O) groups is 3. The van der Waals surface area contributed by atoms with E-state index in [1.54, 1.807) is 23.1 Å². The van der Waals surface area contributed by atoms with Crippen LogP contribution in [-0.4, -0.2) is 42.9 Å². The zero-order valence-corrected chi connectivity index (χ0v) is 14.5. The summed E-state index contributed by atoms with van der Waals surface area (Å²) >= 11 is 1.18. The Morgan fingerprint density at radius 3 is 2.64 bits per heavy atom. The number of nitrogens with zero attached hydrogens (tertiary/aromatic N) is 1. The molecule has 0 spiro atoms. The fraction of sp³-hybridized carbons (Fsp3) is 0.353. The molecule has 3 rings (SSSR count). The molecule has 0 aliphatic carbocycles. The molecule has 25 heavy (non-hydrogen) atoms. The molecule has 8 heteroatoms. The van der Waals surface area contributed by atoms with E-state index in [0.717, 1.165) is 0 Å². The van der Waals surface area contributed by atoms with Gasteiger partial charge in [0.05, 0.1) is 23.9 Å². The van der Waals surface area contributed by atoms with E-state index in [1.807, 2.05) is 0 Å². The van der Waals surface area contributed by atoms with E-state index in [1.165, 1.54) is 31.0 Å². The largest absolute Gasteiger partial charge is 0.472 e. The smallest absolute Gasteiger partial charge is 0.348 e. The van der Waals surface area contributed by atoms with Crippen LogP contribution >= 0.6 is 11.3 Å². The number of likely N-dealkylation sites (tertiary alicyclic amines) is 1. The molecule has 0 radical (unpaired) electrons. The molecule has 0 saturated carbocycles. The van der Waals surface area contributed by atoms with Gasteiger partial charge < -0.3 is 19.4 Å². The molecule has 1 saturated heterocycles. The van der Waals surface area contributed by atoms with Gasteiger partial charge in [-0.1, -0.05) is 0 Å². The molecular weight excluding hydrogens is 344 g/mol. The molecule has 0 aromatic carbocycles. The van der Waals surface area contributed by atoms with Crippen molar-refractivity contribution in [2.45, 2.75) is 12.8 Å². The van der Waals surface area contributed by atoms with Crippen LogP contribution in [0, 0.1) is 5.92 Å². The Morgan fingerprint density at radius 2 is 2.00 bits per heavy atom. The molecule has 1 aliphatic heterocycles. The summed E-state index contributed by atoms with van der Waals surface area (Å²) in [5.74, 6) is -0.740. The van der Waals surface area contributed by atoms with Crippen LogP contribution in [0.25, 0.3) is 0 Å². The average Bonchev–Trinajstić information content (AvgIpc) is 3.32. The first-order chi connectivity index (χ1) is 12.1. The Morgan fingerprint density at radius 1 is 1.24 bits per heavy atom. The molecule has 1 fully saturated rings. The van der Waals surface area contributed by atoms with Gasteiger partial charge in [-0.25, -0.2) is 4.79 Å². The lowest BCUT2D eigenvalue weighted by Crippen LogP contribution is -2.41. The number of anilines is 1. The zero-order valence-electron chi connectivity index (χ0n) is 13.7. The molecule has 1 N–H and O–H groups in total. The van der Waals surface area contributed by atoms with Crippen molar-refractivity contribution in [2.24, 2.45) is 5.92 Å². The highest BCUT2D eigenvalue weighted by Crippen LogP contribution is 2.25. The summed E-state index contributed by atoms with van der Waals surface area (Å²) in [5.41, 5.74) is 0.525. The van der Waals surface area contributed by atoms with Crippen LogP contribution in [0.1, 0.15) is 32.9 Å². The number of hydrogen-bond acceptors (Lipinski definition) is 6. The van der Waals surface area contributed by atoms with Crippen molar-refractivity contribution in [3.63, 3.8) is 0 Å². The second-order valence-electron chi connectivity index (χ2n) is 5.72. The highest BCUT2D eigenvalue weighted by atomic mass is 32.1. The number of esters is 1. The summed E-state index contributed by atoms with van der Waals surface area (Å²) in [7, 11) is 1.32. The van der Waals surface area contributed by atoms with Crippen molar-refractivity contribution in [1.29, 1.82) is 0 Å². The van der Waals surface area contributed by atoms with Gasteiger partial charge in [-0.3, -0.25) is 9.59 Å². The summed E-state index contributed by atoms with van der Waals surface area (Å²) in [6.07, 6.45) is 4.10. The standard InChI is InChI=1S/C17H18N2O5S/c1-23-17(22)13-2-3-14(25-13)18-15(20)11-4-7-19(8-5-11)16(21)12-6-9-24-10-12/h2-3,6,9-11H,4-5,7-8H2,1H3,(H,18,20). The fourth-order valence-corrected chi connectivity index (χ4v) is 3.58. The van der Waals surface area contributed by atoms with Gasteiger partial charge in [0.25, 0.3) is 5.91 Å². The van der Waals surface area contributed by atoms with E-state index in [-0.39, 0.29) is 17.7 Å². The maximum atomic E-state index is 12.4. The molecule has 0 atom stereocenters. The van der Waals surface area contributed by atoms with E-state index < -0.39 is 5.97 Å². The Bertz CT molecular complexity index is 760. The summed E-state index contributed by atoms with van der Waals surface area (Å²) < 4.78 is 9.59. The van der Waals surface area contributed by atoms with Gasteiger partial charge in [0.15, 0.2) is 0 Å². The van der Waals surface area contributed by atoms with Gasteiger partial charge in [-0.2, -0.15) is 0 Å². The molecule has 132 valence electrons. The topological polar surface area (TPSA) is 88.9 Å². The van der Waals surface area contributed by atoms with E-state index in [4.69, 9.17) is 4.42 Å². The number of amides is 2. The van der Waals surface area contributed by atoms with Crippen LogP contribution in [0.15, 0.2) is 35.1 Å². The minimum atomic E-state index is -0.420. The Hall–Kier alpha value is -2.61. The number of rotatable bonds is 4. The molecular formula is C17H18N2O5S. The predicted molar refractivity (Wildman–Crippen MR) is 91.6 cm³/mol. The summed E-state index contributed by atoms with van der Waals surface area (Å²) in [6, 6.07) is 4.95. The molecule has 7 nitrogen and oxygen atoms in total. The van der Waals surface area contributed by atoms with E-state index >= 15 is 0 Å². The molecule has 0 bridgehead atoms. The van der Waals surface area contributed by atoms with Crippen molar-refractivity contribution in [3.05, 3.63) is 41.2 Å². The number of hydrogen-bond donors (Lipinski definition) is 1. The lowest BCUT2D eigenvalue weighted by molar-refractivity contribution is -0.121. The van der Waals surface area contributed by atoms with Crippen LogP contribution < -0.4 is 5.32 Å². The van der Waals surface area contributed by atoms with Crippen LogP contribution in [-0.2, 0) is 9.53 Å². The quantitative estimate of drug-likeness (QED) is 0.845. The highest BCUT2D eigenvalue weighted by molar-refractivity contribution is 7.18. The maximum absolute atomic E-state index is 12.4. The Kier molecular flexibility index (Phi) is 5.18. The van der Waals surface area contributed by atoms with Crippen molar-refractivity contribution in [1.82, 2.24) is 4.90 Å². The van der Waals surface area contributed by atoms with Crippen LogP contribution in [0.2, 0.25) is 0 Å². The number of piperidine rings is 1. The normalized spacial score (nSPS) is 15.0. The van der Waals surface area contributed by atoms with Crippen LogP contribution in [0.3, 0.4) is 0 Å². The van der Waals surface area contributed by atoms with Crippen molar-refractivity contribution < 1.29 is 23.5 Å². The number of thiophene rings is 1. The van der Waals surface area contributed by atoms with E-state index in [9.17, 15) is 14.4 Å². The number of ether oxygens (including phenoxy) is 1. The minimum absolute atomic E-state index is 0.0754. The maximum Gasteiger partial charge on any atom is 0.348 e. The monoisotopic (exact) mass is 362 g/mol. The first kappa shape index (κ1) is 17.2. The number of nitrogens with one attached hydrogen (secondary N) is 1. The third-order valence-electron chi connectivity index (χ3n) is 4.16. The second kappa shape index (κ2) is 7.52. The summed E-state index contributed by atoms with van der Waals surface area (Å²) in [6.45, 7) is 1.06. The third-order valence-corrected chi connectivity index (χ3v) is 5.14. The van der Waals surface area contributed by atoms with Crippen molar-refractivity contribution >= 4 is 34.1 Å². The van der Waals surface area contributed by atoms with Gasteiger partial charge in [-0.15, -0.1) is 11.3 Å². The SMILES string of the molecule is COC(=O)c1ccc(NC(=O)C2CCN(C(=O)c3ccoc3)CC2)s1. The van der Waals surface area contributed by atoms with E-state index in [0.29, 0.717) is 41.4 Å². The third kappa shape index (κ3) is 3.90. The summed E-state index contributed by atoms with van der Waals surface area (Å²) in [5, 5.41) is 3.45. The van der Waals surface area contributed by atoms with Crippen molar-refractivity contribution in [3.8, 4) is 0 Å². The lowest BCUT2D eigenvalue weighted by Gasteiger charge is -2.31. The second-order valence-corrected chi connectivity index (χ2v) is 6.81.